The van der Waals surface area contributed by atoms with Crippen molar-refractivity contribution < 1.29 is 27.9 Å². The quantitative estimate of drug-likeness (QED) is 0.869. The van der Waals surface area contributed by atoms with Gasteiger partial charge in [-0.1, -0.05) is 19.3 Å². The molecular formula is C16H20F3N3O3. The number of carbonyl (C=O) groups is 2. The lowest BCUT2D eigenvalue weighted by atomic mass is 9.87. The molecule has 2 aliphatic rings. The normalized spacial score (nSPS) is 25.3. The van der Waals surface area contributed by atoms with Gasteiger partial charge in [0.15, 0.2) is 0 Å². The third-order valence-corrected chi connectivity index (χ3v) is 5.21. The van der Waals surface area contributed by atoms with Crippen LogP contribution in [0.15, 0.2) is 6.07 Å². The molecule has 0 radical (unpaired) electrons. The SMILES string of the molecule is O=C(O)[C@@H]1CN(C(=O)c2cc(C3CCCCC3)[nH]n2)C[C@H]1C(F)(F)F. The summed E-state index contributed by atoms with van der Waals surface area (Å²) in [5.41, 5.74) is 0.872. The molecule has 2 atom stereocenters. The van der Waals surface area contributed by atoms with Crippen molar-refractivity contribution in [3.8, 4) is 0 Å². The second kappa shape index (κ2) is 6.68. The molecule has 1 aliphatic carbocycles. The number of nitrogens with one attached hydrogen (secondary N) is 1. The van der Waals surface area contributed by atoms with Crippen LogP contribution in [0.1, 0.15) is 54.2 Å². The van der Waals surface area contributed by atoms with Crippen LogP contribution in [0.3, 0.4) is 0 Å². The zero-order chi connectivity index (χ0) is 18.2. The van der Waals surface area contributed by atoms with Crippen LogP contribution < -0.4 is 0 Å². The number of aromatic nitrogens is 2. The van der Waals surface area contributed by atoms with E-state index in [1.165, 1.54) is 6.42 Å². The average Bonchev–Trinajstić information content (AvgIpc) is 3.22. The van der Waals surface area contributed by atoms with E-state index >= 15 is 0 Å². The van der Waals surface area contributed by atoms with Gasteiger partial charge in [0.1, 0.15) is 5.69 Å². The molecule has 1 saturated heterocycles. The van der Waals surface area contributed by atoms with Crippen molar-refractivity contribution in [1.29, 1.82) is 0 Å². The molecular weight excluding hydrogens is 339 g/mol. The Balaban J connectivity index is 1.73. The smallest absolute Gasteiger partial charge is 0.394 e. The highest BCUT2D eigenvalue weighted by Gasteiger charge is 2.53. The van der Waals surface area contributed by atoms with Crippen LogP contribution in [-0.2, 0) is 4.79 Å². The Bertz CT molecular complexity index is 653. The minimum atomic E-state index is -4.66. The first kappa shape index (κ1) is 17.8. The molecule has 0 unspecified atom stereocenters. The van der Waals surface area contributed by atoms with E-state index in [1.54, 1.807) is 6.07 Å². The number of rotatable bonds is 3. The van der Waals surface area contributed by atoms with Crippen LogP contribution >= 0.6 is 0 Å². The minimum absolute atomic E-state index is 0.0486. The van der Waals surface area contributed by atoms with E-state index in [0.29, 0.717) is 0 Å². The van der Waals surface area contributed by atoms with Gasteiger partial charge in [-0.3, -0.25) is 14.7 Å². The second-order valence-corrected chi connectivity index (χ2v) is 6.85. The molecule has 138 valence electrons. The summed E-state index contributed by atoms with van der Waals surface area (Å²) in [6.45, 7) is -1.10. The van der Waals surface area contributed by atoms with Gasteiger partial charge in [-0.05, 0) is 18.9 Å². The number of hydrogen-bond donors (Lipinski definition) is 2. The van der Waals surface area contributed by atoms with Crippen LogP contribution in [-0.4, -0.2) is 51.3 Å². The number of aliphatic carboxylic acids is 1. The fourth-order valence-corrected chi connectivity index (χ4v) is 3.78. The number of carbonyl (C=O) groups excluding carboxylic acids is 1. The van der Waals surface area contributed by atoms with Crippen LogP contribution in [0.4, 0.5) is 13.2 Å². The second-order valence-electron chi connectivity index (χ2n) is 6.85. The first-order valence-corrected chi connectivity index (χ1v) is 8.41. The molecule has 2 fully saturated rings. The summed E-state index contributed by atoms with van der Waals surface area (Å²) in [4.78, 5) is 24.5. The van der Waals surface area contributed by atoms with Crippen LogP contribution in [0.2, 0.25) is 0 Å². The summed E-state index contributed by atoms with van der Waals surface area (Å²) >= 11 is 0. The molecule has 3 rings (SSSR count). The molecule has 9 heteroatoms. The maximum absolute atomic E-state index is 13.0. The van der Waals surface area contributed by atoms with Gasteiger partial charge < -0.3 is 10.0 Å². The lowest BCUT2D eigenvalue weighted by Gasteiger charge is -2.19. The average molecular weight is 359 g/mol. The maximum Gasteiger partial charge on any atom is 0.394 e. The van der Waals surface area contributed by atoms with Gasteiger partial charge in [0.2, 0.25) is 0 Å². The third kappa shape index (κ3) is 3.64. The lowest BCUT2D eigenvalue weighted by molar-refractivity contribution is -0.187. The Morgan fingerprint density at radius 2 is 1.88 bits per heavy atom. The fraction of sp³-hybridized carbons (Fsp3) is 0.688. The van der Waals surface area contributed by atoms with Crippen molar-refractivity contribution in [2.75, 3.05) is 13.1 Å². The molecule has 6 nitrogen and oxygen atoms in total. The van der Waals surface area contributed by atoms with Gasteiger partial charge in [-0.2, -0.15) is 18.3 Å². The standard InChI is InChI=1S/C16H20F3N3O3/c17-16(18,19)11-8-22(7-10(11)15(24)25)14(23)13-6-12(20-21-13)9-4-2-1-3-5-9/h6,9-11H,1-5,7-8H2,(H,20,21)(H,24,25)/t10-,11-/m1/s1. The summed E-state index contributed by atoms with van der Waals surface area (Å²) in [6, 6.07) is 1.59. The highest BCUT2D eigenvalue weighted by Crippen LogP contribution is 2.38. The summed E-state index contributed by atoms with van der Waals surface area (Å²) in [7, 11) is 0. The number of carboxylic acid groups (broad SMARTS) is 1. The zero-order valence-corrected chi connectivity index (χ0v) is 13.6. The van der Waals surface area contributed by atoms with Gasteiger partial charge in [0.25, 0.3) is 5.91 Å². The van der Waals surface area contributed by atoms with E-state index in [0.717, 1.165) is 36.3 Å². The molecule has 0 spiro atoms. The van der Waals surface area contributed by atoms with E-state index in [1.807, 2.05) is 0 Å². The maximum atomic E-state index is 13.0. The van der Waals surface area contributed by atoms with Crippen molar-refractivity contribution in [1.82, 2.24) is 15.1 Å². The molecule has 1 aromatic heterocycles. The molecule has 1 aliphatic heterocycles. The molecule has 1 saturated carbocycles. The minimum Gasteiger partial charge on any atom is -0.481 e. The molecule has 1 aromatic rings. The predicted molar refractivity (Wildman–Crippen MR) is 81.0 cm³/mol. The Hall–Kier alpha value is -2.06. The topological polar surface area (TPSA) is 86.3 Å². The number of hydrogen-bond acceptors (Lipinski definition) is 3. The number of alkyl halides is 3. The first-order valence-electron chi connectivity index (χ1n) is 8.41. The largest absolute Gasteiger partial charge is 0.481 e. The summed E-state index contributed by atoms with van der Waals surface area (Å²) in [5, 5.41) is 15.8. The highest BCUT2D eigenvalue weighted by molar-refractivity contribution is 5.93. The highest BCUT2D eigenvalue weighted by atomic mass is 19.4. The molecule has 2 heterocycles. The number of likely N-dealkylation sites (tertiary alicyclic amines) is 1. The summed E-state index contributed by atoms with van der Waals surface area (Å²) in [6.07, 6.45) is 0.726. The van der Waals surface area contributed by atoms with Gasteiger partial charge in [0, 0.05) is 24.7 Å². The van der Waals surface area contributed by atoms with E-state index in [-0.39, 0.29) is 11.6 Å². The molecule has 1 amide bonds. The van der Waals surface area contributed by atoms with E-state index in [4.69, 9.17) is 5.11 Å². The van der Waals surface area contributed by atoms with Crippen LogP contribution in [0.5, 0.6) is 0 Å². The third-order valence-electron chi connectivity index (χ3n) is 5.21. The summed E-state index contributed by atoms with van der Waals surface area (Å²) < 4.78 is 39.1. The van der Waals surface area contributed by atoms with Crippen LogP contribution in [0, 0.1) is 11.8 Å². The number of halogens is 3. The Morgan fingerprint density at radius 3 is 2.44 bits per heavy atom. The molecule has 25 heavy (non-hydrogen) atoms. The Morgan fingerprint density at radius 1 is 1.20 bits per heavy atom. The van der Waals surface area contributed by atoms with Crippen molar-refractivity contribution >= 4 is 11.9 Å². The lowest BCUT2D eigenvalue weighted by Crippen LogP contribution is -2.34. The van der Waals surface area contributed by atoms with Gasteiger partial charge >= 0.3 is 12.1 Å². The predicted octanol–water partition coefficient (Wildman–Crippen LogP) is 2.79. The van der Waals surface area contributed by atoms with Crippen LogP contribution in [0.25, 0.3) is 0 Å². The number of nitrogens with zero attached hydrogens (tertiary/aromatic N) is 2. The number of H-pyrrole nitrogens is 1. The first-order chi connectivity index (χ1) is 11.8. The van der Waals surface area contributed by atoms with Gasteiger partial charge in [-0.15, -0.1) is 0 Å². The fourth-order valence-electron chi connectivity index (χ4n) is 3.78. The van der Waals surface area contributed by atoms with Crippen molar-refractivity contribution in [2.45, 2.75) is 44.2 Å². The zero-order valence-electron chi connectivity index (χ0n) is 13.6. The molecule has 0 aromatic carbocycles. The summed E-state index contributed by atoms with van der Waals surface area (Å²) in [5.74, 6) is -5.60. The van der Waals surface area contributed by atoms with Crippen molar-refractivity contribution in [2.24, 2.45) is 11.8 Å². The van der Waals surface area contributed by atoms with E-state index in [2.05, 4.69) is 10.2 Å². The van der Waals surface area contributed by atoms with Gasteiger partial charge in [-0.25, -0.2) is 0 Å². The number of carboxylic acids is 1. The number of amides is 1. The van der Waals surface area contributed by atoms with Gasteiger partial charge in [0.05, 0.1) is 11.8 Å². The van der Waals surface area contributed by atoms with E-state index in [9.17, 15) is 22.8 Å². The number of aromatic amines is 1. The monoisotopic (exact) mass is 359 g/mol. The van der Waals surface area contributed by atoms with E-state index < -0.39 is 43.0 Å². The Labute approximate surface area is 142 Å². The molecule has 0 bridgehead atoms. The Kier molecular flexibility index (Phi) is 4.75. The van der Waals surface area contributed by atoms with Crippen molar-refractivity contribution in [3.05, 3.63) is 17.5 Å². The molecule has 2 N–H and O–H groups in total. The van der Waals surface area contributed by atoms with Crippen molar-refractivity contribution in [3.63, 3.8) is 0 Å².